The average Bonchev–Trinajstić information content (AvgIpc) is 2.39. The molecule has 0 aliphatic heterocycles. The quantitative estimate of drug-likeness (QED) is 0.655. The van der Waals surface area contributed by atoms with Crippen molar-refractivity contribution in [3.05, 3.63) is 23.8 Å². The van der Waals surface area contributed by atoms with Gasteiger partial charge in [-0.15, -0.1) is 0 Å². The molecular weight excluding hydrogens is 252 g/mol. The Morgan fingerprint density at radius 2 is 2.20 bits per heavy atom. The summed E-state index contributed by atoms with van der Waals surface area (Å²) in [5.41, 5.74) is 8.01. The van der Waals surface area contributed by atoms with E-state index >= 15 is 0 Å². The molecule has 0 radical (unpaired) electrons. The molecule has 0 spiro atoms. The maximum Gasteiger partial charge on any atom is 0.340 e. The molecule has 1 saturated carbocycles. The number of esters is 1. The fourth-order valence-electron chi connectivity index (χ4n) is 3.01. The molecule has 1 aromatic rings. The van der Waals surface area contributed by atoms with E-state index in [1.54, 1.807) is 6.07 Å². The maximum atomic E-state index is 11.8. The average molecular weight is 276 g/mol. The number of carbonyl (C=O) groups excluding carboxylic acids is 1. The molecule has 0 aromatic heterocycles. The summed E-state index contributed by atoms with van der Waals surface area (Å²) in [6.45, 7) is 4.59. The van der Waals surface area contributed by atoms with Crippen LogP contribution in [0.5, 0.6) is 0 Å². The highest BCUT2D eigenvalue weighted by molar-refractivity contribution is 5.96. The zero-order valence-corrected chi connectivity index (χ0v) is 12.5. The van der Waals surface area contributed by atoms with Crippen molar-refractivity contribution in [3.8, 4) is 0 Å². The van der Waals surface area contributed by atoms with Crippen LogP contribution < -0.4 is 11.1 Å². The molecule has 4 heteroatoms. The van der Waals surface area contributed by atoms with Gasteiger partial charge in [-0.3, -0.25) is 0 Å². The maximum absolute atomic E-state index is 11.8. The Kier molecular flexibility index (Phi) is 4.21. The third-order valence-electron chi connectivity index (χ3n) is 4.01. The molecule has 0 bridgehead atoms. The van der Waals surface area contributed by atoms with E-state index in [1.165, 1.54) is 20.0 Å². The molecule has 0 amide bonds. The van der Waals surface area contributed by atoms with E-state index in [-0.39, 0.29) is 5.97 Å². The first kappa shape index (κ1) is 14.7. The van der Waals surface area contributed by atoms with Gasteiger partial charge in [0.1, 0.15) is 0 Å². The van der Waals surface area contributed by atoms with E-state index in [1.807, 2.05) is 12.1 Å². The van der Waals surface area contributed by atoms with Gasteiger partial charge in [-0.05, 0) is 42.9 Å². The summed E-state index contributed by atoms with van der Waals surface area (Å²) in [6.07, 6.45) is 4.72. The van der Waals surface area contributed by atoms with Gasteiger partial charge in [0.15, 0.2) is 0 Å². The van der Waals surface area contributed by atoms with Gasteiger partial charge >= 0.3 is 5.97 Å². The first-order valence-electron chi connectivity index (χ1n) is 7.16. The van der Waals surface area contributed by atoms with Crippen LogP contribution in [0, 0.1) is 5.41 Å². The summed E-state index contributed by atoms with van der Waals surface area (Å²) in [5, 5.41) is 3.49. The van der Waals surface area contributed by atoms with Crippen molar-refractivity contribution in [1.29, 1.82) is 0 Å². The van der Waals surface area contributed by atoms with Gasteiger partial charge in [0, 0.05) is 17.4 Å². The zero-order valence-electron chi connectivity index (χ0n) is 12.5. The van der Waals surface area contributed by atoms with Gasteiger partial charge in [-0.1, -0.05) is 20.3 Å². The molecule has 110 valence electrons. The van der Waals surface area contributed by atoms with Crippen LogP contribution in [0.4, 0.5) is 11.4 Å². The van der Waals surface area contributed by atoms with Gasteiger partial charge in [0.05, 0.1) is 12.7 Å². The first-order chi connectivity index (χ1) is 9.41. The summed E-state index contributed by atoms with van der Waals surface area (Å²) >= 11 is 0. The van der Waals surface area contributed by atoms with Crippen LogP contribution in [0.25, 0.3) is 0 Å². The number of rotatable bonds is 3. The highest BCUT2D eigenvalue weighted by atomic mass is 16.5. The van der Waals surface area contributed by atoms with Crippen molar-refractivity contribution in [2.75, 3.05) is 18.2 Å². The number of hydrogen-bond acceptors (Lipinski definition) is 4. The zero-order chi connectivity index (χ0) is 14.8. The molecule has 1 atom stereocenters. The largest absolute Gasteiger partial charge is 0.465 e. The van der Waals surface area contributed by atoms with Crippen LogP contribution in [-0.2, 0) is 4.74 Å². The summed E-state index contributed by atoms with van der Waals surface area (Å²) in [5.74, 6) is -0.352. The van der Waals surface area contributed by atoms with Crippen molar-refractivity contribution in [1.82, 2.24) is 0 Å². The number of nitrogens with one attached hydrogen (secondary N) is 1. The van der Waals surface area contributed by atoms with E-state index in [0.29, 0.717) is 22.7 Å². The van der Waals surface area contributed by atoms with Gasteiger partial charge in [0.2, 0.25) is 0 Å². The Hall–Kier alpha value is -1.71. The lowest BCUT2D eigenvalue weighted by atomic mass is 9.75. The number of benzene rings is 1. The molecule has 1 aliphatic carbocycles. The molecule has 2 rings (SSSR count). The monoisotopic (exact) mass is 276 g/mol. The van der Waals surface area contributed by atoms with E-state index in [9.17, 15) is 4.79 Å². The number of carbonyl (C=O) groups is 1. The highest BCUT2D eigenvalue weighted by Crippen LogP contribution is 2.36. The Labute approximate surface area is 120 Å². The second-order valence-electron chi connectivity index (χ2n) is 6.40. The molecule has 0 saturated heterocycles. The smallest absolute Gasteiger partial charge is 0.340 e. The summed E-state index contributed by atoms with van der Waals surface area (Å²) in [7, 11) is 1.39. The number of ether oxygens (including phenoxy) is 1. The van der Waals surface area contributed by atoms with E-state index in [0.717, 1.165) is 18.5 Å². The molecule has 1 aliphatic rings. The minimum absolute atomic E-state index is 0.352. The minimum Gasteiger partial charge on any atom is -0.465 e. The molecule has 0 heterocycles. The SMILES string of the molecule is COC(=O)c1cc(N)ccc1NC1CCCC(C)(C)C1. The van der Waals surface area contributed by atoms with Crippen LogP contribution in [-0.4, -0.2) is 19.1 Å². The van der Waals surface area contributed by atoms with Gasteiger partial charge < -0.3 is 15.8 Å². The van der Waals surface area contributed by atoms with Gasteiger partial charge in [-0.25, -0.2) is 4.79 Å². The molecule has 20 heavy (non-hydrogen) atoms. The van der Waals surface area contributed by atoms with E-state index in [4.69, 9.17) is 10.5 Å². The third-order valence-corrected chi connectivity index (χ3v) is 4.01. The Morgan fingerprint density at radius 3 is 2.85 bits per heavy atom. The van der Waals surface area contributed by atoms with Crippen molar-refractivity contribution >= 4 is 17.3 Å². The molecule has 1 aromatic carbocycles. The number of methoxy groups -OCH3 is 1. The summed E-state index contributed by atoms with van der Waals surface area (Å²) in [6, 6.07) is 5.74. The predicted octanol–water partition coefficient (Wildman–Crippen LogP) is 3.44. The molecule has 3 N–H and O–H groups in total. The van der Waals surface area contributed by atoms with Crippen molar-refractivity contribution in [2.45, 2.75) is 45.6 Å². The molecule has 1 unspecified atom stereocenters. The summed E-state index contributed by atoms with van der Waals surface area (Å²) < 4.78 is 4.83. The number of nitrogen functional groups attached to an aromatic ring is 1. The normalized spacial score (nSPS) is 21.2. The second-order valence-corrected chi connectivity index (χ2v) is 6.40. The van der Waals surface area contributed by atoms with Crippen LogP contribution >= 0.6 is 0 Å². The lowest BCUT2D eigenvalue weighted by Gasteiger charge is -2.36. The van der Waals surface area contributed by atoms with Crippen LogP contribution in [0.15, 0.2) is 18.2 Å². The minimum atomic E-state index is -0.352. The summed E-state index contributed by atoms with van der Waals surface area (Å²) in [4.78, 5) is 11.8. The van der Waals surface area contributed by atoms with Crippen LogP contribution in [0.1, 0.15) is 49.9 Å². The Bertz CT molecular complexity index is 497. The Morgan fingerprint density at radius 1 is 1.45 bits per heavy atom. The standard InChI is InChI=1S/C16H24N2O2/c1-16(2)8-4-5-12(10-16)18-14-7-6-11(17)9-13(14)15(19)20-3/h6-7,9,12,18H,4-5,8,10,17H2,1-3H3. The molecular formula is C16H24N2O2. The lowest BCUT2D eigenvalue weighted by molar-refractivity contribution is 0.0602. The first-order valence-corrected chi connectivity index (χ1v) is 7.16. The number of nitrogens with two attached hydrogens (primary N) is 1. The van der Waals surface area contributed by atoms with Gasteiger partial charge in [0.25, 0.3) is 0 Å². The van der Waals surface area contributed by atoms with Crippen molar-refractivity contribution < 1.29 is 9.53 Å². The molecule has 1 fully saturated rings. The van der Waals surface area contributed by atoms with Gasteiger partial charge in [-0.2, -0.15) is 0 Å². The number of hydrogen-bond donors (Lipinski definition) is 2. The van der Waals surface area contributed by atoms with E-state index in [2.05, 4.69) is 19.2 Å². The van der Waals surface area contributed by atoms with Crippen molar-refractivity contribution in [3.63, 3.8) is 0 Å². The molecule has 4 nitrogen and oxygen atoms in total. The second kappa shape index (κ2) is 5.73. The fraction of sp³-hybridized carbons (Fsp3) is 0.562. The predicted molar refractivity (Wildman–Crippen MR) is 81.9 cm³/mol. The van der Waals surface area contributed by atoms with Crippen LogP contribution in [0.3, 0.4) is 0 Å². The van der Waals surface area contributed by atoms with Crippen molar-refractivity contribution in [2.24, 2.45) is 5.41 Å². The lowest BCUT2D eigenvalue weighted by Crippen LogP contribution is -2.32. The third kappa shape index (κ3) is 3.44. The van der Waals surface area contributed by atoms with E-state index < -0.39 is 0 Å². The highest BCUT2D eigenvalue weighted by Gasteiger charge is 2.28. The fourth-order valence-corrected chi connectivity index (χ4v) is 3.01. The number of anilines is 2. The topological polar surface area (TPSA) is 64.3 Å². The van der Waals surface area contributed by atoms with Crippen LogP contribution in [0.2, 0.25) is 0 Å². The Balaban J connectivity index is 2.18.